The Kier molecular flexibility index (Phi) is 4.22. The molecule has 1 rings (SSSR count). The van der Waals surface area contributed by atoms with Gasteiger partial charge in [0.05, 0.1) is 25.1 Å². The van der Waals surface area contributed by atoms with Crippen molar-refractivity contribution in [3.8, 4) is 0 Å². The number of alkyl halides is 1. The number of hydrogen-bond acceptors (Lipinski definition) is 3. The lowest BCUT2D eigenvalue weighted by molar-refractivity contribution is -0.0341. The molecule has 0 aliphatic carbocycles. The van der Waals surface area contributed by atoms with Crippen LogP contribution in [0.25, 0.3) is 0 Å². The molecule has 88 valence electrons. The lowest BCUT2D eigenvalue weighted by atomic mass is 10.2. The van der Waals surface area contributed by atoms with Gasteiger partial charge in [-0.2, -0.15) is 0 Å². The molecule has 1 amide bonds. The van der Waals surface area contributed by atoms with E-state index in [2.05, 4.69) is 0 Å². The summed E-state index contributed by atoms with van der Waals surface area (Å²) in [5.41, 5.74) is -0.453. The first-order chi connectivity index (χ1) is 6.92. The van der Waals surface area contributed by atoms with Crippen molar-refractivity contribution in [3.63, 3.8) is 0 Å². The summed E-state index contributed by atoms with van der Waals surface area (Å²) >= 11 is 5.68. The Morgan fingerprint density at radius 1 is 1.60 bits per heavy atom. The van der Waals surface area contributed by atoms with Crippen LogP contribution in [0.5, 0.6) is 0 Å². The highest BCUT2D eigenvalue weighted by Gasteiger charge is 2.27. The molecular weight excluding hydrogens is 218 g/mol. The number of carbonyl (C=O) groups excluding carboxylic acids is 1. The smallest absolute Gasteiger partial charge is 0.410 e. The fourth-order valence-electron chi connectivity index (χ4n) is 1.31. The molecule has 0 radical (unpaired) electrons. The fraction of sp³-hybridized carbons (Fsp3) is 0.900. The second kappa shape index (κ2) is 5.03. The normalized spacial score (nSPS) is 22.7. The van der Waals surface area contributed by atoms with Gasteiger partial charge in [0.15, 0.2) is 0 Å². The topological polar surface area (TPSA) is 38.8 Å². The Labute approximate surface area is 95.5 Å². The minimum absolute atomic E-state index is 0.0760. The summed E-state index contributed by atoms with van der Waals surface area (Å²) in [6.45, 7) is 7.16. The van der Waals surface area contributed by atoms with Gasteiger partial charge in [-0.15, -0.1) is 11.6 Å². The zero-order valence-corrected chi connectivity index (χ0v) is 10.2. The van der Waals surface area contributed by atoms with Crippen LogP contribution in [0.15, 0.2) is 0 Å². The molecule has 5 heteroatoms. The molecule has 1 atom stereocenters. The molecule has 4 nitrogen and oxygen atoms in total. The van der Waals surface area contributed by atoms with Gasteiger partial charge in [0, 0.05) is 6.54 Å². The molecule has 0 aromatic rings. The predicted octanol–water partition coefficient (Wildman–Crippen LogP) is 1.86. The number of nitrogens with zero attached hydrogens (tertiary/aromatic N) is 1. The molecule has 0 aromatic heterocycles. The molecule has 0 aromatic carbocycles. The van der Waals surface area contributed by atoms with E-state index >= 15 is 0 Å². The van der Waals surface area contributed by atoms with Crippen LogP contribution in [-0.4, -0.2) is 48.3 Å². The van der Waals surface area contributed by atoms with Gasteiger partial charge in [-0.3, -0.25) is 0 Å². The van der Waals surface area contributed by atoms with Gasteiger partial charge < -0.3 is 14.4 Å². The standard InChI is InChI=1S/C10H18ClNO3/c1-10(2,3)15-9(13)12-4-5-14-8(6-11)7-12/h8H,4-7H2,1-3H3/t8-/m1/s1. The summed E-state index contributed by atoms with van der Waals surface area (Å²) in [4.78, 5) is 13.3. The molecule has 0 bridgehead atoms. The average molecular weight is 236 g/mol. The summed E-state index contributed by atoms with van der Waals surface area (Å²) in [5.74, 6) is 0.402. The number of halogens is 1. The highest BCUT2D eigenvalue weighted by atomic mass is 35.5. The van der Waals surface area contributed by atoms with Crippen LogP contribution in [0.3, 0.4) is 0 Å². The molecule has 0 saturated carbocycles. The zero-order chi connectivity index (χ0) is 11.5. The third kappa shape index (κ3) is 4.26. The third-order valence-electron chi connectivity index (χ3n) is 1.96. The van der Waals surface area contributed by atoms with Gasteiger partial charge in [0.25, 0.3) is 0 Å². The van der Waals surface area contributed by atoms with Gasteiger partial charge in [0.2, 0.25) is 0 Å². The second-order valence-electron chi connectivity index (χ2n) is 4.57. The van der Waals surface area contributed by atoms with Gasteiger partial charge >= 0.3 is 6.09 Å². The first-order valence-corrected chi connectivity index (χ1v) is 5.61. The first kappa shape index (κ1) is 12.6. The van der Waals surface area contributed by atoms with Gasteiger partial charge in [-0.25, -0.2) is 4.79 Å². The molecule has 1 aliphatic heterocycles. The molecule has 0 spiro atoms. The minimum Gasteiger partial charge on any atom is -0.444 e. The van der Waals surface area contributed by atoms with Crippen LogP contribution in [0, 0.1) is 0 Å². The van der Waals surface area contributed by atoms with Crippen molar-refractivity contribution in [3.05, 3.63) is 0 Å². The fourth-order valence-corrected chi connectivity index (χ4v) is 1.49. The van der Waals surface area contributed by atoms with E-state index in [-0.39, 0.29) is 12.2 Å². The summed E-state index contributed by atoms with van der Waals surface area (Å²) in [6, 6.07) is 0. The maximum atomic E-state index is 11.7. The molecule has 0 unspecified atom stereocenters. The van der Waals surface area contributed by atoms with Crippen LogP contribution in [0.4, 0.5) is 4.79 Å². The maximum absolute atomic E-state index is 11.7. The van der Waals surface area contributed by atoms with Crippen LogP contribution in [0.1, 0.15) is 20.8 Å². The Morgan fingerprint density at radius 2 is 2.27 bits per heavy atom. The Balaban J connectivity index is 2.45. The first-order valence-electron chi connectivity index (χ1n) is 5.08. The van der Waals surface area contributed by atoms with E-state index in [1.165, 1.54) is 0 Å². The molecular formula is C10H18ClNO3. The quantitative estimate of drug-likeness (QED) is 0.652. The van der Waals surface area contributed by atoms with Crippen molar-refractivity contribution in [1.29, 1.82) is 0 Å². The summed E-state index contributed by atoms with van der Waals surface area (Å²) in [7, 11) is 0. The van der Waals surface area contributed by atoms with Crippen molar-refractivity contribution in [1.82, 2.24) is 4.90 Å². The van der Waals surface area contributed by atoms with Crippen molar-refractivity contribution >= 4 is 17.7 Å². The van der Waals surface area contributed by atoms with E-state index in [4.69, 9.17) is 21.1 Å². The van der Waals surface area contributed by atoms with Gasteiger partial charge in [-0.05, 0) is 20.8 Å². The Hall–Kier alpha value is -0.480. The van der Waals surface area contributed by atoms with Gasteiger partial charge in [-0.1, -0.05) is 0 Å². The van der Waals surface area contributed by atoms with Crippen LogP contribution in [-0.2, 0) is 9.47 Å². The number of morpholine rings is 1. The molecule has 0 N–H and O–H groups in total. The van der Waals surface area contributed by atoms with Gasteiger partial charge in [0.1, 0.15) is 5.60 Å². The highest BCUT2D eigenvalue weighted by Crippen LogP contribution is 2.13. The predicted molar refractivity (Wildman–Crippen MR) is 58.3 cm³/mol. The van der Waals surface area contributed by atoms with E-state index in [0.29, 0.717) is 25.6 Å². The third-order valence-corrected chi connectivity index (χ3v) is 2.31. The maximum Gasteiger partial charge on any atom is 0.410 e. The lowest BCUT2D eigenvalue weighted by Crippen LogP contribution is -2.48. The minimum atomic E-state index is -0.453. The number of amides is 1. The van der Waals surface area contributed by atoms with Crippen molar-refractivity contribution in [2.24, 2.45) is 0 Å². The van der Waals surface area contributed by atoms with E-state index in [0.717, 1.165) is 0 Å². The van der Waals surface area contributed by atoms with Crippen molar-refractivity contribution < 1.29 is 14.3 Å². The molecule has 1 saturated heterocycles. The summed E-state index contributed by atoms with van der Waals surface area (Å²) in [5, 5.41) is 0. The molecule has 1 aliphatic rings. The average Bonchev–Trinajstić information content (AvgIpc) is 2.15. The van der Waals surface area contributed by atoms with E-state index in [9.17, 15) is 4.79 Å². The Morgan fingerprint density at radius 3 is 2.80 bits per heavy atom. The number of ether oxygens (including phenoxy) is 2. The van der Waals surface area contributed by atoms with E-state index in [1.54, 1.807) is 4.90 Å². The van der Waals surface area contributed by atoms with Crippen LogP contribution < -0.4 is 0 Å². The second-order valence-corrected chi connectivity index (χ2v) is 4.88. The number of rotatable bonds is 1. The van der Waals surface area contributed by atoms with E-state index in [1.807, 2.05) is 20.8 Å². The van der Waals surface area contributed by atoms with E-state index < -0.39 is 5.60 Å². The van der Waals surface area contributed by atoms with Crippen LogP contribution in [0.2, 0.25) is 0 Å². The number of hydrogen-bond donors (Lipinski definition) is 0. The molecule has 1 fully saturated rings. The molecule has 1 heterocycles. The summed E-state index contributed by atoms with van der Waals surface area (Å²) < 4.78 is 10.6. The highest BCUT2D eigenvalue weighted by molar-refractivity contribution is 6.18. The molecule has 15 heavy (non-hydrogen) atoms. The van der Waals surface area contributed by atoms with Crippen molar-refractivity contribution in [2.75, 3.05) is 25.6 Å². The largest absolute Gasteiger partial charge is 0.444 e. The monoisotopic (exact) mass is 235 g/mol. The van der Waals surface area contributed by atoms with Crippen LogP contribution >= 0.6 is 11.6 Å². The van der Waals surface area contributed by atoms with Crippen molar-refractivity contribution in [2.45, 2.75) is 32.5 Å². The zero-order valence-electron chi connectivity index (χ0n) is 9.46. The SMILES string of the molecule is CC(C)(C)OC(=O)N1CCO[C@H](CCl)C1. The lowest BCUT2D eigenvalue weighted by Gasteiger charge is -2.33. The summed E-state index contributed by atoms with van der Waals surface area (Å²) in [6.07, 6.45) is -0.367. The number of carbonyl (C=O) groups is 1. The Bertz CT molecular complexity index is 227.